The SMILES string of the molecule is Cc1cccc(C(=O)Nc2ccc(S(=O)(=O)Nc3cccc4ccccc34)cc2)c1. The van der Waals surface area contributed by atoms with Crippen molar-refractivity contribution in [3.8, 4) is 0 Å². The van der Waals surface area contributed by atoms with Crippen LogP contribution in [0, 0.1) is 6.92 Å². The number of rotatable bonds is 5. The summed E-state index contributed by atoms with van der Waals surface area (Å²) in [5.41, 5.74) is 2.57. The molecular weight excluding hydrogens is 396 g/mol. The van der Waals surface area contributed by atoms with Crippen molar-refractivity contribution in [1.29, 1.82) is 0 Å². The zero-order valence-corrected chi connectivity index (χ0v) is 17.1. The molecule has 4 aromatic rings. The van der Waals surface area contributed by atoms with Gasteiger partial charge in [-0.1, -0.05) is 54.1 Å². The van der Waals surface area contributed by atoms with E-state index in [4.69, 9.17) is 0 Å². The average molecular weight is 417 g/mol. The largest absolute Gasteiger partial charge is 0.322 e. The van der Waals surface area contributed by atoms with Crippen molar-refractivity contribution in [3.63, 3.8) is 0 Å². The maximum absolute atomic E-state index is 12.8. The Morgan fingerprint density at radius 2 is 1.50 bits per heavy atom. The molecule has 0 aliphatic heterocycles. The molecule has 0 saturated carbocycles. The Morgan fingerprint density at radius 3 is 2.27 bits per heavy atom. The number of amides is 1. The van der Waals surface area contributed by atoms with Gasteiger partial charge < -0.3 is 5.32 Å². The van der Waals surface area contributed by atoms with E-state index in [1.54, 1.807) is 30.3 Å². The van der Waals surface area contributed by atoms with Gasteiger partial charge in [-0.15, -0.1) is 0 Å². The number of hydrogen-bond donors (Lipinski definition) is 2. The van der Waals surface area contributed by atoms with Crippen LogP contribution in [-0.4, -0.2) is 14.3 Å². The zero-order chi connectivity index (χ0) is 21.1. The number of benzene rings is 4. The molecule has 0 atom stereocenters. The Bertz CT molecular complexity index is 1320. The molecule has 0 aliphatic rings. The summed E-state index contributed by atoms with van der Waals surface area (Å²) in [5.74, 6) is -0.247. The molecule has 0 heterocycles. The third kappa shape index (κ3) is 4.18. The first-order valence-corrected chi connectivity index (χ1v) is 10.9. The van der Waals surface area contributed by atoms with Crippen LogP contribution in [0.25, 0.3) is 10.8 Å². The number of sulfonamides is 1. The lowest BCUT2D eigenvalue weighted by Crippen LogP contribution is -2.14. The van der Waals surface area contributed by atoms with Crippen LogP contribution in [0.5, 0.6) is 0 Å². The van der Waals surface area contributed by atoms with E-state index in [2.05, 4.69) is 10.0 Å². The van der Waals surface area contributed by atoms with Crippen molar-refractivity contribution >= 4 is 38.1 Å². The van der Waals surface area contributed by atoms with Gasteiger partial charge in [-0.25, -0.2) is 8.42 Å². The average Bonchev–Trinajstić information content (AvgIpc) is 2.74. The number of fused-ring (bicyclic) bond motifs is 1. The van der Waals surface area contributed by atoms with E-state index >= 15 is 0 Å². The van der Waals surface area contributed by atoms with Crippen LogP contribution in [0.3, 0.4) is 0 Å². The lowest BCUT2D eigenvalue weighted by atomic mass is 10.1. The topological polar surface area (TPSA) is 75.3 Å². The minimum Gasteiger partial charge on any atom is -0.322 e. The predicted molar refractivity (Wildman–Crippen MR) is 120 cm³/mol. The minimum absolute atomic E-state index is 0.115. The van der Waals surface area contributed by atoms with E-state index in [-0.39, 0.29) is 10.8 Å². The summed E-state index contributed by atoms with van der Waals surface area (Å²) < 4.78 is 28.3. The quantitative estimate of drug-likeness (QED) is 0.469. The summed E-state index contributed by atoms with van der Waals surface area (Å²) in [7, 11) is -3.77. The Labute approximate surface area is 175 Å². The summed E-state index contributed by atoms with van der Waals surface area (Å²) in [6.07, 6.45) is 0. The first-order chi connectivity index (χ1) is 14.4. The first-order valence-electron chi connectivity index (χ1n) is 9.41. The molecule has 30 heavy (non-hydrogen) atoms. The number of anilines is 2. The van der Waals surface area contributed by atoms with Crippen molar-refractivity contribution in [1.82, 2.24) is 0 Å². The maximum Gasteiger partial charge on any atom is 0.261 e. The van der Waals surface area contributed by atoms with Gasteiger partial charge in [0, 0.05) is 16.6 Å². The van der Waals surface area contributed by atoms with Crippen molar-refractivity contribution in [2.75, 3.05) is 10.0 Å². The van der Waals surface area contributed by atoms with E-state index in [0.29, 0.717) is 16.9 Å². The van der Waals surface area contributed by atoms with Gasteiger partial charge in [0.05, 0.1) is 10.6 Å². The second kappa shape index (κ2) is 8.00. The van der Waals surface area contributed by atoms with Gasteiger partial charge in [0.25, 0.3) is 15.9 Å². The Kier molecular flexibility index (Phi) is 5.25. The third-order valence-corrected chi connectivity index (χ3v) is 6.12. The smallest absolute Gasteiger partial charge is 0.261 e. The van der Waals surface area contributed by atoms with E-state index in [1.165, 1.54) is 12.1 Å². The van der Waals surface area contributed by atoms with Crippen molar-refractivity contribution in [3.05, 3.63) is 102 Å². The molecule has 0 fully saturated rings. The molecule has 0 radical (unpaired) electrons. The van der Waals surface area contributed by atoms with Crippen molar-refractivity contribution in [2.45, 2.75) is 11.8 Å². The second-order valence-corrected chi connectivity index (χ2v) is 8.66. The normalized spacial score (nSPS) is 11.2. The molecule has 5 nitrogen and oxygen atoms in total. The molecule has 4 rings (SSSR count). The van der Waals surface area contributed by atoms with Crippen LogP contribution in [0.15, 0.2) is 95.9 Å². The lowest BCUT2D eigenvalue weighted by molar-refractivity contribution is 0.102. The minimum atomic E-state index is -3.77. The van der Waals surface area contributed by atoms with Crippen molar-refractivity contribution in [2.24, 2.45) is 0 Å². The Morgan fingerprint density at radius 1 is 0.800 bits per heavy atom. The van der Waals surface area contributed by atoms with E-state index in [1.807, 2.05) is 55.5 Å². The fourth-order valence-electron chi connectivity index (χ4n) is 3.23. The summed E-state index contributed by atoms with van der Waals surface area (Å²) in [6.45, 7) is 1.92. The van der Waals surface area contributed by atoms with Gasteiger partial charge >= 0.3 is 0 Å². The fraction of sp³-hybridized carbons (Fsp3) is 0.0417. The summed E-state index contributed by atoms with van der Waals surface area (Å²) in [4.78, 5) is 12.5. The molecule has 1 amide bonds. The van der Waals surface area contributed by atoms with Crippen LogP contribution in [-0.2, 0) is 10.0 Å². The van der Waals surface area contributed by atoms with Gasteiger partial charge in [-0.2, -0.15) is 0 Å². The number of carbonyl (C=O) groups excluding carboxylic acids is 1. The van der Waals surface area contributed by atoms with Crippen LogP contribution >= 0.6 is 0 Å². The van der Waals surface area contributed by atoms with Gasteiger partial charge in [0.1, 0.15) is 0 Å². The van der Waals surface area contributed by atoms with Gasteiger partial charge in [-0.3, -0.25) is 9.52 Å². The maximum atomic E-state index is 12.8. The molecular formula is C24H20N2O3S. The standard InChI is InChI=1S/C24H20N2O3S/c1-17-6-4-9-19(16-17)24(27)25-20-12-14-21(15-13-20)30(28,29)26-23-11-5-8-18-7-2-3-10-22(18)23/h2-16,26H,1H3,(H,25,27). The highest BCUT2D eigenvalue weighted by molar-refractivity contribution is 7.92. The van der Waals surface area contributed by atoms with Crippen LogP contribution < -0.4 is 10.0 Å². The number of nitrogens with one attached hydrogen (secondary N) is 2. The molecule has 0 aromatic heterocycles. The van der Waals surface area contributed by atoms with E-state index in [9.17, 15) is 13.2 Å². The summed E-state index contributed by atoms with van der Waals surface area (Å²) >= 11 is 0. The number of aryl methyl sites for hydroxylation is 1. The molecule has 2 N–H and O–H groups in total. The lowest BCUT2D eigenvalue weighted by Gasteiger charge is -2.12. The Balaban J connectivity index is 1.53. The van der Waals surface area contributed by atoms with E-state index < -0.39 is 10.0 Å². The van der Waals surface area contributed by atoms with Gasteiger partial charge in [0.15, 0.2) is 0 Å². The van der Waals surface area contributed by atoms with Gasteiger partial charge in [-0.05, 0) is 54.8 Å². The molecule has 0 bridgehead atoms. The van der Waals surface area contributed by atoms with Crippen LogP contribution in [0.4, 0.5) is 11.4 Å². The highest BCUT2D eigenvalue weighted by atomic mass is 32.2. The predicted octanol–water partition coefficient (Wildman–Crippen LogP) is 5.20. The number of hydrogen-bond acceptors (Lipinski definition) is 3. The third-order valence-electron chi connectivity index (χ3n) is 4.74. The number of carbonyl (C=O) groups is 1. The summed E-state index contributed by atoms with van der Waals surface area (Å²) in [6, 6.07) is 26.4. The highest BCUT2D eigenvalue weighted by Gasteiger charge is 2.16. The molecule has 0 unspecified atom stereocenters. The summed E-state index contributed by atoms with van der Waals surface area (Å²) in [5, 5.41) is 4.56. The molecule has 6 heteroatoms. The molecule has 150 valence electrons. The van der Waals surface area contributed by atoms with E-state index in [0.717, 1.165) is 16.3 Å². The fourth-order valence-corrected chi connectivity index (χ4v) is 4.30. The molecule has 4 aromatic carbocycles. The highest BCUT2D eigenvalue weighted by Crippen LogP contribution is 2.26. The Hall–Kier alpha value is -3.64. The molecule has 0 aliphatic carbocycles. The van der Waals surface area contributed by atoms with Crippen LogP contribution in [0.1, 0.15) is 15.9 Å². The molecule has 0 saturated heterocycles. The monoisotopic (exact) mass is 416 g/mol. The van der Waals surface area contributed by atoms with Crippen molar-refractivity contribution < 1.29 is 13.2 Å². The second-order valence-electron chi connectivity index (χ2n) is 6.98. The van der Waals surface area contributed by atoms with Crippen LogP contribution in [0.2, 0.25) is 0 Å². The molecule has 0 spiro atoms. The van der Waals surface area contributed by atoms with Gasteiger partial charge in [0.2, 0.25) is 0 Å². The first kappa shape index (κ1) is 19.7. The zero-order valence-electron chi connectivity index (χ0n) is 16.3.